The fourth-order valence-electron chi connectivity index (χ4n) is 0.995. The van der Waals surface area contributed by atoms with Crippen molar-refractivity contribution < 1.29 is 22.3 Å². The molecule has 92 valence electrons. The fraction of sp³-hybridized carbons (Fsp3) is 0.400. The van der Waals surface area contributed by atoms with Crippen molar-refractivity contribution in [3.05, 3.63) is 23.3 Å². The maximum absolute atomic E-state index is 13.0. The Labute approximate surface area is 91.0 Å². The monoisotopic (exact) mass is 239 g/mol. The summed E-state index contributed by atoms with van der Waals surface area (Å²) in [6.45, 7) is 2.09. The van der Waals surface area contributed by atoms with Crippen LogP contribution >= 0.6 is 0 Å². The molecule has 1 rings (SSSR count). The Kier molecular flexibility index (Phi) is 5.63. The molecule has 0 amide bonds. The lowest BCUT2D eigenvalue weighted by Crippen LogP contribution is -2.07. The van der Waals surface area contributed by atoms with Crippen LogP contribution in [0.15, 0.2) is 6.07 Å². The molecule has 0 radical (unpaired) electrons. The van der Waals surface area contributed by atoms with Crippen LogP contribution in [0.5, 0.6) is 5.75 Å². The second-order valence-corrected chi connectivity index (χ2v) is 2.62. The normalized spacial score (nSPS) is 9.75. The number of halogens is 4. The van der Waals surface area contributed by atoms with Gasteiger partial charge in [0, 0.05) is 0 Å². The SMILES string of the molecule is CC.Cc1cc(N)c(F)c(F)c1OC(F)F. The minimum atomic E-state index is -3.20. The minimum absolute atomic E-state index is 0.0155. The Hall–Kier alpha value is -1.46. The summed E-state index contributed by atoms with van der Waals surface area (Å²) in [5, 5.41) is 0. The highest BCUT2D eigenvalue weighted by Crippen LogP contribution is 2.29. The van der Waals surface area contributed by atoms with Crippen LogP contribution in [0, 0.1) is 18.6 Å². The average molecular weight is 239 g/mol. The first-order chi connectivity index (χ1) is 7.43. The smallest absolute Gasteiger partial charge is 0.387 e. The first kappa shape index (κ1) is 14.5. The van der Waals surface area contributed by atoms with Gasteiger partial charge < -0.3 is 10.5 Å². The van der Waals surface area contributed by atoms with Gasteiger partial charge >= 0.3 is 6.61 Å². The predicted octanol–water partition coefficient (Wildman–Crippen LogP) is 3.48. The lowest BCUT2D eigenvalue weighted by Gasteiger charge is -2.10. The summed E-state index contributed by atoms with van der Waals surface area (Å²) >= 11 is 0. The topological polar surface area (TPSA) is 35.2 Å². The average Bonchev–Trinajstić information content (AvgIpc) is 2.24. The van der Waals surface area contributed by atoms with E-state index in [4.69, 9.17) is 5.73 Å². The lowest BCUT2D eigenvalue weighted by atomic mass is 10.2. The number of benzene rings is 1. The van der Waals surface area contributed by atoms with Crippen molar-refractivity contribution in [1.29, 1.82) is 0 Å². The Morgan fingerprint density at radius 1 is 1.19 bits per heavy atom. The summed E-state index contributed by atoms with van der Waals surface area (Å²) in [6.07, 6.45) is 0. The number of rotatable bonds is 2. The molecule has 16 heavy (non-hydrogen) atoms. The maximum atomic E-state index is 13.0. The van der Waals surface area contributed by atoms with E-state index in [0.29, 0.717) is 0 Å². The predicted molar refractivity (Wildman–Crippen MR) is 53.5 cm³/mol. The zero-order valence-corrected chi connectivity index (χ0v) is 9.15. The van der Waals surface area contributed by atoms with Crippen molar-refractivity contribution in [2.24, 2.45) is 0 Å². The lowest BCUT2D eigenvalue weighted by molar-refractivity contribution is -0.0529. The molecule has 0 heterocycles. The van der Waals surface area contributed by atoms with Gasteiger partial charge in [0.15, 0.2) is 11.6 Å². The highest BCUT2D eigenvalue weighted by Gasteiger charge is 2.18. The van der Waals surface area contributed by atoms with Gasteiger partial charge in [0.05, 0.1) is 5.69 Å². The number of nitrogen functional groups attached to an aromatic ring is 1. The number of ether oxygens (including phenoxy) is 1. The van der Waals surface area contributed by atoms with E-state index in [1.165, 1.54) is 6.92 Å². The third-order valence-corrected chi connectivity index (χ3v) is 1.58. The van der Waals surface area contributed by atoms with Gasteiger partial charge in [-0.2, -0.15) is 13.2 Å². The van der Waals surface area contributed by atoms with Crippen molar-refractivity contribution >= 4 is 5.69 Å². The zero-order chi connectivity index (χ0) is 12.9. The van der Waals surface area contributed by atoms with E-state index in [2.05, 4.69) is 4.74 Å². The van der Waals surface area contributed by atoms with Crippen molar-refractivity contribution in [3.8, 4) is 5.75 Å². The molecule has 0 spiro atoms. The Balaban J connectivity index is 0.00000106. The standard InChI is InChI=1S/C8H7F4NO.C2H6/c1-3-2-4(13)5(9)6(10)7(3)14-8(11)12;1-2/h2,8H,13H2,1H3;1-2H3. The quantitative estimate of drug-likeness (QED) is 0.633. The van der Waals surface area contributed by atoms with E-state index in [1.54, 1.807) is 0 Å². The van der Waals surface area contributed by atoms with Gasteiger partial charge in [-0.25, -0.2) is 4.39 Å². The first-order valence-corrected chi connectivity index (χ1v) is 4.62. The van der Waals surface area contributed by atoms with E-state index < -0.39 is 29.7 Å². The van der Waals surface area contributed by atoms with Crippen LogP contribution in [0.2, 0.25) is 0 Å². The van der Waals surface area contributed by atoms with Crippen molar-refractivity contribution in [2.75, 3.05) is 5.73 Å². The van der Waals surface area contributed by atoms with Crippen LogP contribution in [0.25, 0.3) is 0 Å². The van der Waals surface area contributed by atoms with Gasteiger partial charge in [0.25, 0.3) is 0 Å². The van der Waals surface area contributed by atoms with Gasteiger partial charge in [0.1, 0.15) is 0 Å². The van der Waals surface area contributed by atoms with Gasteiger partial charge in [0.2, 0.25) is 5.82 Å². The number of alkyl halides is 2. The molecule has 1 aromatic carbocycles. The molecule has 0 fully saturated rings. The molecule has 0 aromatic heterocycles. The summed E-state index contributed by atoms with van der Waals surface area (Å²) in [7, 11) is 0. The second-order valence-electron chi connectivity index (χ2n) is 2.62. The van der Waals surface area contributed by atoms with Gasteiger partial charge in [-0.1, -0.05) is 13.8 Å². The van der Waals surface area contributed by atoms with Gasteiger partial charge in [-0.15, -0.1) is 0 Å². The van der Waals surface area contributed by atoms with Crippen LogP contribution < -0.4 is 10.5 Å². The summed E-state index contributed by atoms with van der Waals surface area (Å²) in [5.74, 6) is -3.69. The molecular formula is C10H13F4NO. The first-order valence-electron chi connectivity index (χ1n) is 4.62. The number of aryl methyl sites for hydroxylation is 1. The Bertz CT molecular complexity index is 355. The number of anilines is 1. The third kappa shape index (κ3) is 3.29. The molecule has 0 aliphatic carbocycles. The molecule has 2 N–H and O–H groups in total. The number of hydrogen-bond acceptors (Lipinski definition) is 2. The molecule has 2 nitrogen and oxygen atoms in total. The van der Waals surface area contributed by atoms with Crippen molar-refractivity contribution in [3.63, 3.8) is 0 Å². The van der Waals surface area contributed by atoms with E-state index in [-0.39, 0.29) is 5.56 Å². The van der Waals surface area contributed by atoms with E-state index in [1.807, 2.05) is 13.8 Å². The fourth-order valence-corrected chi connectivity index (χ4v) is 0.995. The summed E-state index contributed by atoms with van der Waals surface area (Å²) in [4.78, 5) is 0. The molecule has 0 atom stereocenters. The van der Waals surface area contributed by atoms with E-state index >= 15 is 0 Å². The third-order valence-electron chi connectivity index (χ3n) is 1.58. The Morgan fingerprint density at radius 2 is 1.69 bits per heavy atom. The second kappa shape index (κ2) is 6.19. The van der Waals surface area contributed by atoms with Crippen LogP contribution in [0.3, 0.4) is 0 Å². The molecule has 0 aliphatic rings. The molecule has 6 heteroatoms. The largest absolute Gasteiger partial charge is 0.431 e. The van der Waals surface area contributed by atoms with E-state index in [9.17, 15) is 17.6 Å². The van der Waals surface area contributed by atoms with Gasteiger partial charge in [-0.05, 0) is 18.6 Å². The van der Waals surface area contributed by atoms with Crippen molar-refractivity contribution in [1.82, 2.24) is 0 Å². The van der Waals surface area contributed by atoms with Crippen LogP contribution in [-0.2, 0) is 0 Å². The molecule has 0 saturated heterocycles. The molecule has 0 bridgehead atoms. The molecule has 0 aliphatic heterocycles. The molecule has 0 unspecified atom stereocenters. The summed E-state index contributed by atoms with van der Waals surface area (Å²) in [6, 6.07) is 1.02. The van der Waals surface area contributed by atoms with Crippen LogP contribution in [-0.4, -0.2) is 6.61 Å². The Morgan fingerprint density at radius 3 is 2.12 bits per heavy atom. The summed E-state index contributed by atoms with van der Waals surface area (Å²) in [5.41, 5.74) is 4.64. The number of nitrogens with two attached hydrogens (primary N) is 1. The van der Waals surface area contributed by atoms with E-state index in [0.717, 1.165) is 6.07 Å². The van der Waals surface area contributed by atoms with Gasteiger partial charge in [-0.3, -0.25) is 0 Å². The highest BCUT2D eigenvalue weighted by atomic mass is 19.3. The minimum Gasteiger partial charge on any atom is -0.431 e. The molecule has 1 aromatic rings. The van der Waals surface area contributed by atoms with Crippen LogP contribution in [0.4, 0.5) is 23.2 Å². The van der Waals surface area contributed by atoms with Crippen molar-refractivity contribution in [2.45, 2.75) is 27.4 Å². The summed E-state index contributed by atoms with van der Waals surface area (Å²) < 4.78 is 53.1. The zero-order valence-electron chi connectivity index (χ0n) is 9.15. The molecule has 0 saturated carbocycles. The maximum Gasteiger partial charge on any atom is 0.387 e. The number of hydrogen-bond donors (Lipinski definition) is 1. The highest BCUT2D eigenvalue weighted by molar-refractivity contribution is 5.49. The molecular weight excluding hydrogens is 226 g/mol. The van der Waals surface area contributed by atoms with Crippen LogP contribution in [0.1, 0.15) is 19.4 Å².